The zero-order valence-corrected chi connectivity index (χ0v) is 11.7. The summed E-state index contributed by atoms with van der Waals surface area (Å²) in [5.74, 6) is 0.991. The van der Waals surface area contributed by atoms with Crippen molar-refractivity contribution in [1.29, 1.82) is 0 Å². The van der Waals surface area contributed by atoms with Crippen LogP contribution in [0.1, 0.15) is 24.8 Å². The van der Waals surface area contributed by atoms with Crippen LogP contribution in [0.3, 0.4) is 0 Å². The minimum atomic E-state index is -0.0542. The summed E-state index contributed by atoms with van der Waals surface area (Å²) in [6.07, 6.45) is 4.29. The number of nitrogens with one attached hydrogen (secondary N) is 2. The summed E-state index contributed by atoms with van der Waals surface area (Å²) >= 11 is 0. The molecule has 0 spiro atoms. The quantitative estimate of drug-likeness (QED) is 0.875. The number of carbonyl (C=O) groups excluding carboxylic acids is 1. The van der Waals surface area contributed by atoms with Crippen LogP contribution in [-0.4, -0.2) is 31.6 Å². The van der Waals surface area contributed by atoms with Gasteiger partial charge in [0, 0.05) is 12.6 Å². The first-order valence-electron chi connectivity index (χ1n) is 7.55. The lowest BCUT2D eigenvalue weighted by Gasteiger charge is -2.24. The maximum Gasteiger partial charge on any atom is 0.226 e. The molecule has 4 nitrogen and oxygen atoms in total. The van der Waals surface area contributed by atoms with Gasteiger partial charge in [-0.3, -0.25) is 4.79 Å². The Balaban J connectivity index is 1.46. The van der Waals surface area contributed by atoms with Gasteiger partial charge in [-0.25, -0.2) is 0 Å². The Hall–Kier alpha value is -1.55. The summed E-state index contributed by atoms with van der Waals surface area (Å²) in [7, 11) is 0. The molecule has 1 unspecified atom stereocenters. The fourth-order valence-electron chi connectivity index (χ4n) is 3.01. The highest BCUT2D eigenvalue weighted by Gasteiger charge is 2.25. The predicted octanol–water partition coefficient (Wildman–Crippen LogP) is 1.50. The first-order chi connectivity index (χ1) is 9.83. The van der Waals surface area contributed by atoms with E-state index in [1.165, 1.54) is 12.8 Å². The number of para-hydroxylation sites is 1. The summed E-state index contributed by atoms with van der Waals surface area (Å²) in [6, 6.07) is 8.55. The first kappa shape index (κ1) is 13.4. The number of fused-ring (bicyclic) bond motifs is 1. The Kier molecular flexibility index (Phi) is 4.21. The molecule has 2 atom stereocenters. The van der Waals surface area contributed by atoms with Crippen LogP contribution in [0.15, 0.2) is 24.3 Å². The molecule has 2 aliphatic rings. The molecule has 4 heteroatoms. The van der Waals surface area contributed by atoms with Gasteiger partial charge in [0.2, 0.25) is 5.91 Å². The zero-order chi connectivity index (χ0) is 13.8. The Morgan fingerprint density at radius 1 is 1.40 bits per heavy atom. The van der Waals surface area contributed by atoms with Crippen molar-refractivity contribution in [3.05, 3.63) is 29.8 Å². The molecule has 1 fully saturated rings. The van der Waals surface area contributed by atoms with E-state index in [1.807, 2.05) is 24.3 Å². The predicted molar refractivity (Wildman–Crippen MR) is 77.8 cm³/mol. The summed E-state index contributed by atoms with van der Waals surface area (Å²) in [6.45, 7) is 2.37. The number of carbonyl (C=O) groups is 1. The lowest BCUT2D eigenvalue weighted by atomic mass is 9.96. The number of benzene rings is 1. The van der Waals surface area contributed by atoms with Crippen LogP contribution in [0, 0.1) is 5.92 Å². The first-order valence-corrected chi connectivity index (χ1v) is 7.55. The van der Waals surface area contributed by atoms with Crippen molar-refractivity contribution in [3.8, 4) is 5.75 Å². The Labute approximate surface area is 119 Å². The van der Waals surface area contributed by atoms with E-state index in [0.717, 1.165) is 37.2 Å². The normalized spacial score (nSPS) is 24.8. The van der Waals surface area contributed by atoms with Gasteiger partial charge in [0.05, 0.1) is 5.92 Å². The van der Waals surface area contributed by atoms with Gasteiger partial charge in [-0.1, -0.05) is 18.2 Å². The van der Waals surface area contributed by atoms with Crippen molar-refractivity contribution in [3.63, 3.8) is 0 Å². The molecule has 1 amide bonds. The number of hydrogen-bond donors (Lipinski definition) is 2. The van der Waals surface area contributed by atoms with Crippen molar-refractivity contribution in [2.24, 2.45) is 5.92 Å². The van der Waals surface area contributed by atoms with Gasteiger partial charge in [0.25, 0.3) is 0 Å². The third kappa shape index (κ3) is 3.12. The van der Waals surface area contributed by atoms with Crippen molar-refractivity contribution in [1.82, 2.24) is 10.6 Å². The molecular formula is C16H22N2O2. The molecule has 0 aromatic heterocycles. The second kappa shape index (κ2) is 6.27. The summed E-state index contributed by atoms with van der Waals surface area (Å²) in [5, 5.41) is 6.50. The average molecular weight is 274 g/mol. The Bertz CT molecular complexity index is 469. The number of rotatable bonds is 4. The number of hydrogen-bond acceptors (Lipinski definition) is 3. The summed E-state index contributed by atoms with van der Waals surface area (Å²) in [5.41, 5.74) is 1.14. The Morgan fingerprint density at radius 3 is 3.15 bits per heavy atom. The van der Waals surface area contributed by atoms with Crippen LogP contribution in [-0.2, 0) is 11.2 Å². The largest absolute Gasteiger partial charge is 0.492 e. The second-order valence-electron chi connectivity index (χ2n) is 5.69. The highest BCUT2D eigenvalue weighted by atomic mass is 16.5. The van der Waals surface area contributed by atoms with Crippen molar-refractivity contribution in [2.45, 2.75) is 31.7 Å². The van der Waals surface area contributed by atoms with Crippen LogP contribution in [0.25, 0.3) is 0 Å². The van der Waals surface area contributed by atoms with Crippen LogP contribution in [0.4, 0.5) is 0 Å². The average Bonchev–Trinajstić information content (AvgIpc) is 3.00. The van der Waals surface area contributed by atoms with E-state index < -0.39 is 0 Å². The summed E-state index contributed by atoms with van der Waals surface area (Å²) in [4.78, 5) is 12.2. The van der Waals surface area contributed by atoms with Crippen LogP contribution in [0.2, 0.25) is 0 Å². The third-order valence-corrected chi connectivity index (χ3v) is 4.20. The van der Waals surface area contributed by atoms with Crippen LogP contribution in [0.5, 0.6) is 5.75 Å². The number of amides is 1. The molecule has 1 aromatic rings. The molecule has 2 N–H and O–H groups in total. The highest BCUT2D eigenvalue weighted by Crippen LogP contribution is 2.26. The molecule has 0 saturated carbocycles. The standard InChI is InChI=1S/C16H22N2O2/c19-16(18-9-7-14-5-3-8-17-14)13-10-12-4-1-2-6-15(12)20-11-13/h1-2,4,6,13-14,17H,3,5,7-11H2,(H,18,19)/t13?,14-/m1/s1. The zero-order valence-electron chi connectivity index (χ0n) is 11.7. The van der Waals surface area contributed by atoms with Gasteiger partial charge in [-0.2, -0.15) is 0 Å². The molecule has 20 heavy (non-hydrogen) atoms. The molecular weight excluding hydrogens is 252 g/mol. The summed E-state index contributed by atoms with van der Waals surface area (Å²) < 4.78 is 5.66. The molecule has 1 aromatic carbocycles. The van der Waals surface area contributed by atoms with Crippen molar-refractivity contribution < 1.29 is 9.53 Å². The number of ether oxygens (including phenoxy) is 1. The van der Waals surface area contributed by atoms with Crippen LogP contribution < -0.4 is 15.4 Å². The van der Waals surface area contributed by atoms with Crippen molar-refractivity contribution in [2.75, 3.05) is 19.7 Å². The van der Waals surface area contributed by atoms with Gasteiger partial charge in [0.15, 0.2) is 0 Å². The smallest absolute Gasteiger partial charge is 0.226 e. The van der Waals surface area contributed by atoms with Gasteiger partial charge >= 0.3 is 0 Å². The highest BCUT2D eigenvalue weighted by molar-refractivity contribution is 5.79. The lowest BCUT2D eigenvalue weighted by Crippen LogP contribution is -2.39. The SMILES string of the molecule is O=C(NCC[C@H]1CCCN1)C1COc2ccccc2C1. The maximum absolute atomic E-state index is 12.2. The molecule has 0 bridgehead atoms. The topological polar surface area (TPSA) is 50.4 Å². The van der Waals surface area contributed by atoms with Gasteiger partial charge in [0.1, 0.15) is 12.4 Å². The van der Waals surface area contributed by atoms with Gasteiger partial charge in [-0.05, 0) is 43.9 Å². The van der Waals surface area contributed by atoms with Crippen LogP contribution >= 0.6 is 0 Å². The lowest BCUT2D eigenvalue weighted by molar-refractivity contribution is -0.126. The van der Waals surface area contributed by atoms with E-state index in [-0.39, 0.29) is 11.8 Å². The third-order valence-electron chi connectivity index (χ3n) is 4.20. The van der Waals surface area contributed by atoms with E-state index in [0.29, 0.717) is 12.6 Å². The van der Waals surface area contributed by atoms with E-state index in [2.05, 4.69) is 10.6 Å². The minimum Gasteiger partial charge on any atom is -0.492 e. The molecule has 2 aliphatic heterocycles. The molecule has 0 radical (unpaired) electrons. The van der Waals surface area contributed by atoms with E-state index in [4.69, 9.17) is 4.74 Å². The minimum absolute atomic E-state index is 0.0542. The van der Waals surface area contributed by atoms with Crippen molar-refractivity contribution >= 4 is 5.91 Å². The van der Waals surface area contributed by atoms with E-state index in [9.17, 15) is 4.79 Å². The van der Waals surface area contributed by atoms with Gasteiger partial charge in [-0.15, -0.1) is 0 Å². The van der Waals surface area contributed by atoms with Gasteiger partial charge < -0.3 is 15.4 Å². The second-order valence-corrected chi connectivity index (χ2v) is 5.69. The molecule has 1 saturated heterocycles. The van der Waals surface area contributed by atoms with E-state index >= 15 is 0 Å². The fraction of sp³-hybridized carbons (Fsp3) is 0.562. The fourth-order valence-corrected chi connectivity index (χ4v) is 3.01. The molecule has 0 aliphatic carbocycles. The molecule has 108 valence electrons. The monoisotopic (exact) mass is 274 g/mol. The molecule has 2 heterocycles. The Morgan fingerprint density at radius 2 is 2.30 bits per heavy atom. The molecule has 3 rings (SSSR count). The van der Waals surface area contributed by atoms with E-state index in [1.54, 1.807) is 0 Å². The maximum atomic E-state index is 12.2.